The molecule has 0 aliphatic carbocycles. The van der Waals surface area contributed by atoms with Gasteiger partial charge in [-0.15, -0.1) is 0 Å². The normalized spacial score (nSPS) is 10.3. The third-order valence-electron chi connectivity index (χ3n) is 2.06. The number of nitrogens with zero attached hydrogens (tertiary/aromatic N) is 3. The van der Waals surface area contributed by atoms with Crippen molar-refractivity contribution in [2.75, 3.05) is 13.7 Å². The van der Waals surface area contributed by atoms with Crippen LogP contribution in [0.5, 0.6) is 0 Å². The van der Waals surface area contributed by atoms with Gasteiger partial charge in [0.2, 0.25) is 0 Å². The summed E-state index contributed by atoms with van der Waals surface area (Å²) in [6, 6.07) is 8.16. The molecule has 1 aromatic carbocycles. The van der Waals surface area contributed by atoms with E-state index >= 15 is 0 Å². The molecule has 0 aliphatic rings. The van der Waals surface area contributed by atoms with Gasteiger partial charge in [0.1, 0.15) is 0 Å². The van der Waals surface area contributed by atoms with Gasteiger partial charge in [0, 0.05) is 18.6 Å². The first-order valence-electron chi connectivity index (χ1n) is 5.12. The van der Waals surface area contributed by atoms with Crippen LogP contribution in [0.4, 0.5) is 0 Å². The van der Waals surface area contributed by atoms with E-state index in [1.54, 1.807) is 7.11 Å². The quantitative estimate of drug-likeness (QED) is 0.311. The van der Waals surface area contributed by atoms with E-state index < -0.39 is 0 Å². The minimum atomic E-state index is 0.509. The first-order chi connectivity index (χ1) is 7.86. The molecule has 0 amide bonds. The van der Waals surface area contributed by atoms with Gasteiger partial charge in [0.05, 0.1) is 6.61 Å². The number of benzene rings is 1. The van der Waals surface area contributed by atoms with Crippen molar-refractivity contribution in [1.82, 2.24) is 0 Å². The summed E-state index contributed by atoms with van der Waals surface area (Å²) in [6.45, 7) is 1.15. The number of rotatable bonds is 6. The molecule has 0 unspecified atom stereocenters. The van der Waals surface area contributed by atoms with E-state index in [0.717, 1.165) is 17.5 Å². The summed E-state index contributed by atoms with van der Waals surface area (Å²) in [5.74, 6) is 0. The number of azide groups is 1. The highest BCUT2D eigenvalue weighted by Gasteiger charge is 1.90. The highest BCUT2D eigenvalue weighted by Crippen LogP contribution is 2.07. The maximum Gasteiger partial charge on any atom is 0.0713 e. The lowest BCUT2D eigenvalue weighted by Crippen LogP contribution is -1.86. The largest absolute Gasteiger partial charge is 0.380 e. The van der Waals surface area contributed by atoms with E-state index in [-0.39, 0.29) is 0 Å². The number of ether oxygens (including phenoxy) is 1. The predicted molar refractivity (Wildman–Crippen MR) is 64.8 cm³/mol. The van der Waals surface area contributed by atoms with Crippen molar-refractivity contribution >= 4 is 6.08 Å². The molecule has 4 nitrogen and oxygen atoms in total. The Hall–Kier alpha value is -1.77. The fourth-order valence-corrected chi connectivity index (χ4v) is 1.29. The summed E-state index contributed by atoms with van der Waals surface area (Å²) in [7, 11) is 1.68. The Kier molecular flexibility index (Phi) is 5.78. The average Bonchev–Trinajstić information content (AvgIpc) is 2.31. The number of hydrogen-bond acceptors (Lipinski definition) is 2. The SMILES string of the molecule is COCc1ccc(C=CCCN=[N+]=[N-])cc1. The Morgan fingerprint density at radius 3 is 2.75 bits per heavy atom. The zero-order chi connectivity index (χ0) is 11.6. The van der Waals surface area contributed by atoms with E-state index in [0.29, 0.717) is 13.2 Å². The fraction of sp³-hybridized carbons (Fsp3) is 0.333. The molecule has 1 rings (SSSR count). The smallest absolute Gasteiger partial charge is 0.0713 e. The molecule has 1 aromatic rings. The van der Waals surface area contributed by atoms with Crippen LogP contribution in [0.1, 0.15) is 17.5 Å². The van der Waals surface area contributed by atoms with Crippen molar-refractivity contribution in [3.63, 3.8) is 0 Å². The van der Waals surface area contributed by atoms with Gasteiger partial charge in [-0.05, 0) is 23.1 Å². The van der Waals surface area contributed by atoms with Gasteiger partial charge >= 0.3 is 0 Å². The van der Waals surface area contributed by atoms with E-state index in [1.165, 1.54) is 0 Å². The topological polar surface area (TPSA) is 58.0 Å². The molecule has 0 saturated heterocycles. The lowest BCUT2D eigenvalue weighted by atomic mass is 10.1. The van der Waals surface area contributed by atoms with Crippen LogP contribution < -0.4 is 0 Å². The lowest BCUT2D eigenvalue weighted by Gasteiger charge is -1.99. The minimum Gasteiger partial charge on any atom is -0.380 e. The molecule has 4 heteroatoms. The summed E-state index contributed by atoms with van der Waals surface area (Å²) in [5.41, 5.74) is 10.4. The van der Waals surface area contributed by atoms with Gasteiger partial charge in [0.25, 0.3) is 0 Å². The first-order valence-corrected chi connectivity index (χ1v) is 5.12. The highest BCUT2D eigenvalue weighted by atomic mass is 16.5. The maximum absolute atomic E-state index is 8.09. The first kappa shape index (κ1) is 12.3. The maximum atomic E-state index is 8.09. The van der Waals surface area contributed by atoms with Crippen molar-refractivity contribution in [2.24, 2.45) is 5.11 Å². The third-order valence-corrected chi connectivity index (χ3v) is 2.06. The van der Waals surface area contributed by atoms with Crippen molar-refractivity contribution < 1.29 is 4.74 Å². The minimum absolute atomic E-state index is 0.509. The molecular weight excluding hydrogens is 202 g/mol. The van der Waals surface area contributed by atoms with Crippen LogP contribution in [0.2, 0.25) is 0 Å². The third kappa shape index (κ3) is 4.64. The van der Waals surface area contributed by atoms with Gasteiger partial charge in [-0.25, -0.2) is 0 Å². The molecule has 0 heterocycles. The van der Waals surface area contributed by atoms with Gasteiger partial charge in [-0.1, -0.05) is 41.5 Å². The second-order valence-electron chi connectivity index (χ2n) is 3.32. The Morgan fingerprint density at radius 1 is 1.38 bits per heavy atom. The van der Waals surface area contributed by atoms with Gasteiger partial charge in [-0.2, -0.15) is 0 Å². The van der Waals surface area contributed by atoms with Crippen LogP contribution in [0.15, 0.2) is 35.5 Å². The van der Waals surface area contributed by atoms with Gasteiger partial charge in [0.15, 0.2) is 0 Å². The summed E-state index contributed by atoms with van der Waals surface area (Å²) >= 11 is 0. The Bertz CT molecular complexity index is 378. The van der Waals surface area contributed by atoms with Gasteiger partial charge in [-0.3, -0.25) is 0 Å². The Labute approximate surface area is 95.2 Å². The van der Waals surface area contributed by atoms with E-state index in [4.69, 9.17) is 10.3 Å². The molecule has 0 atom stereocenters. The molecule has 16 heavy (non-hydrogen) atoms. The molecule has 84 valence electrons. The van der Waals surface area contributed by atoms with Crippen LogP contribution in [-0.4, -0.2) is 13.7 Å². The van der Waals surface area contributed by atoms with Gasteiger partial charge < -0.3 is 4.74 Å². The second kappa shape index (κ2) is 7.51. The zero-order valence-corrected chi connectivity index (χ0v) is 9.34. The van der Waals surface area contributed by atoms with Crippen molar-refractivity contribution in [3.8, 4) is 0 Å². The summed E-state index contributed by atoms with van der Waals surface area (Å²) in [4.78, 5) is 2.69. The molecule has 0 aromatic heterocycles. The summed E-state index contributed by atoms with van der Waals surface area (Å²) in [5, 5.41) is 3.45. The predicted octanol–water partition coefficient (Wildman–Crippen LogP) is 3.55. The van der Waals surface area contributed by atoms with Crippen LogP contribution in [0.25, 0.3) is 16.5 Å². The van der Waals surface area contributed by atoms with Crippen molar-refractivity contribution in [1.29, 1.82) is 0 Å². The van der Waals surface area contributed by atoms with Crippen molar-refractivity contribution in [3.05, 3.63) is 51.9 Å². The Balaban J connectivity index is 2.44. The average molecular weight is 217 g/mol. The molecule has 0 bridgehead atoms. The number of methoxy groups -OCH3 is 1. The molecule has 0 fully saturated rings. The number of hydrogen-bond donors (Lipinski definition) is 0. The van der Waals surface area contributed by atoms with Crippen molar-refractivity contribution in [2.45, 2.75) is 13.0 Å². The van der Waals surface area contributed by atoms with Crippen LogP contribution in [0, 0.1) is 0 Å². The molecule has 0 spiro atoms. The molecule has 0 radical (unpaired) electrons. The zero-order valence-electron chi connectivity index (χ0n) is 9.34. The van der Waals surface area contributed by atoms with E-state index in [1.807, 2.05) is 36.4 Å². The Morgan fingerprint density at radius 2 is 2.12 bits per heavy atom. The monoisotopic (exact) mass is 217 g/mol. The molecule has 0 saturated carbocycles. The fourth-order valence-electron chi connectivity index (χ4n) is 1.29. The highest BCUT2D eigenvalue weighted by molar-refractivity contribution is 5.49. The van der Waals surface area contributed by atoms with E-state index in [9.17, 15) is 0 Å². The van der Waals surface area contributed by atoms with Crippen LogP contribution in [0.3, 0.4) is 0 Å². The standard InChI is InChI=1S/C12H15N3O/c1-16-10-12-7-5-11(6-8-12)4-2-3-9-14-15-13/h2,4-8H,3,9-10H2,1H3. The molecule has 0 N–H and O–H groups in total. The summed E-state index contributed by atoms with van der Waals surface area (Å²) < 4.78 is 5.03. The van der Waals surface area contributed by atoms with E-state index in [2.05, 4.69) is 10.0 Å². The van der Waals surface area contributed by atoms with Crippen LogP contribution >= 0.6 is 0 Å². The lowest BCUT2D eigenvalue weighted by molar-refractivity contribution is 0.185. The van der Waals surface area contributed by atoms with Crippen LogP contribution in [-0.2, 0) is 11.3 Å². The summed E-state index contributed by atoms with van der Waals surface area (Å²) in [6.07, 6.45) is 4.79. The molecular formula is C12H15N3O. The second-order valence-corrected chi connectivity index (χ2v) is 3.32. The molecule has 0 aliphatic heterocycles.